The molecule has 0 bridgehead atoms. The van der Waals surface area contributed by atoms with Gasteiger partial charge < -0.3 is 0 Å². The fraction of sp³-hybridized carbons (Fsp3) is 0.308. The van der Waals surface area contributed by atoms with E-state index < -0.39 is 0 Å². The number of nitrogens with one attached hydrogen (secondary N) is 1. The lowest BCUT2D eigenvalue weighted by Gasteiger charge is -2.18. The Morgan fingerprint density at radius 1 is 1.07 bits per heavy atom. The summed E-state index contributed by atoms with van der Waals surface area (Å²) in [4.78, 5) is 16.8. The summed E-state index contributed by atoms with van der Waals surface area (Å²) < 4.78 is 0. The van der Waals surface area contributed by atoms with Crippen LogP contribution in [0.5, 0.6) is 0 Å². The molecule has 0 fully saturated rings. The van der Waals surface area contributed by atoms with E-state index in [2.05, 4.69) is 81.3 Å². The molecule has 30 heavy (non-hydrogen) atoms. The van der Waals surface area contributed by atoms with Gasteiger partial charge in [-0.3, -0.25) is 10.1 Å². The first kappa shape index (κ1) is 22.0. The second-order valence-electron chi connectivity index (χ2n) is 9.03. The van der Waals surface area contributed by atoms with Crippen molar-refractivity contribution in [3.8, 4) is 11.3 Å². The third-order valence-electron chi connectivity index (χ3n) is 4.83. The van der Waals surface area contributed by atoms with Crippen LogP contribution in [0.15, 0.2) is 60.0 Å². The van der Waals surface area contributed by atoms with E-state index in [1.54, 1.807) is 6.08 Å². The molecule has 1 heterocycles. The minimum absolute atomic E-state index is 0.122. The third kappa shape index (κ3) is 6.14. The smallest absolute Gasteiger partial charge is 0.250 e. The lowest BCUT2D eigenvalue weighted by atomic mass is 9.87. The van der Waals surface area contributed by atoms with Crippen LogP contribution in [0.3, 0.4) is 0 Å². The number of nitrogens with zero attached hydrogens (tertiary/aromatic N) is 1. The molecule has 0 unspecified atom stereocenters. The predicted octanol–water partition coefficient (Wildman–Crippen LogP) is 6.96. The van der Waals surface area contributed by atoms with Crippen molar-refractivity contribution in [3.63, 3.8) is 0 Å². The van der Waals surface area contributed by atoms with Gasteiger partial charge in [-0.15, -0.1) is 11.3 Å². The molecule has 156 valence electrons. The highest BCUT2D eigenvalue weighted by Crippen LogP contribution is 2.26. The van der Waals surface area contributed by atoms with Crippen LogP contribution in [0.25, 0.3) is 17.3 Å². The minimum atomic E-state index is -0.178. The number of hydrogen-bond donors (Lipinski definition) is 1. The van der Waals surface area contributed by atoms with E-state index in [-0.39, 0.29) is 11.3 Å². The maximum atomic E-state index is 12.3. The number of carbonyl (C=O) groups excluding carboxylic acids is 1. The fourth-order valence-electron chi connectivity index (χ4n) is 3.16. The summed E-state index contributed by atoms with van der Waals surface area (Å²) in [5, 5.41) is 5.44. The standard InChI is InChI=1S/C26H30N2OS/c1-18(2)16-20-6-11-21(12-7-20)23-17-30-25(27-23)28-24(29)15-10-19-8-13-22(14-9-19)26(3,4)5/h6-15,17-18H,16H2,1-5H3,(H,27,28,29)/b15-10+. The Morgan fingerprint density at radius 3 is 2.33 bits per heavy atom. The summed E-state index contributed by atoms with van der Waals surface area (Å²) in [5.74, 6) is 0.462. The Morgan fingerprint density at radius 2 is 1.73 bits per heavy atom. The van der Waals surface area contributed by atoms with E-state index in [1.165, 1.54) is 22.5 Å². The minimum Gasteiger partial charge on any atom is -0.298 e. The van der Waals surface area contributed by atoms with Gasteiger partial charge in [0.05, 0.1) is 5.69 Å². The Hall–Kier alpha value is -2.72. The highest BCUT2D eigenvalue weighted by molar-refractivity contribution is 7.14. The van der Waals surface area contributed by atoms with Gasteiger partial charge in [-0.2, -0.15) is 0 Å². The molecule has 3 rings (SSSR count). The molecular weight excluding hydrogens is 388 g/mol. The third-order valence-corrected chi connectivity index (χ3v) is 5.59. The van der Waals surface area contributed by atoms with Crippen molar-refractivity contribution in [1.82, 2.24) is 4.98 Å². The molecule has 0 aliphatic carbocycles. The van der Waals surface area contributed by atoms with Crippen LogP contribution in [0.4, 0.5) is 5.13 Å². The van der Waals surface area contributed by atoms with E-state index in [0.29, 0.717) is 11.0 Å². The number of anilines is 1. The summed E-state index contributed by atoms with van der Waals surface area (Å²) >= 11 is 1.44. The van der Waals surface area contributed by atoms with Crippen LogP contribution in [-0.2, 0) is 16.6 Å². The Labute approximate surface area is 183 Å². The number of rotatable bonds is 6. The molecule has 3 aromatic rings. The van der Waals surface area contributed by atoms with E-state index in [0.717, 1.165) is 23.2 Å². The predicted molar refractivity (Wildman–Crippen MR) is 129 cm³/mol. The van der Waals surface area contributed by atoms with Gasteiger partial charge in [-0.1, -0.05) is 83.1 Å². The van der Waals surface area contributed by atoms with E-state index in [9.17, 15) is 4.79 Å². The monoisotopic (exact) mass is 418 g/mol. The van der Waals surface area contributed by atoms with E-state index in [4.69, 9.17) is 0 Å². The SMILES string of the molecule is CC(C)Cc1ccc(-c2csc(NC(=O)/C=C/c3ccc(C(C)(C)C)cc3)n2)cc1. The number of aromatic nitrogens is 1. The highest BCUT2D eigenvalue weighted by Gasteiger charge is 2.12. The van der Waals surface area contributed by atoms with Crippen LogP contribution in [0.1, 0.15) is 51.3 Å². The Kier molecular flexibility index (Phi) is 6.88. The average molecular weight is 419 g/mol. The van der Waals surface area contributed by atoms with Crippen molar-refractivity contribution >= 4 is 28.5 Å². The summed E-state index contributed by atoms with van der Waals surface area (Å²) in [7, 11) is 0. The van der Waals surface area contributed by atoms with Crippen LogP contribution in [-0.4, -0.2) is 10.9 Å². The summed E-state index contributed by atoms with van der Waals surface area (Å²) in [6.45, 7) is 11.0. The molecule has 4 heteroatoms. The maximum absolute atomic E-state index is 12.3. The highest BCUT2D eigenvalue weighted by atomic mass is 32.1. The number of hydrogen-bond acceptors (Lipinski definition) is 3. The van der Waals surface area contributed by atoms with Gasteiger partial charge in [0.1, 0.15) is 0 Å². The van der Waals surface area contributed by atoms with Gasteiger partial charge in [-0.25, -0.2) is 4.98 Å². The summed E-state index contributed by atoms with van der Waals surface area (Å²) in [6.07, 6.45) is 4.45. The molecule has 0 spiro atoms. The van der Waals surface area contributed by atoms with Gasteiger partial charge in [0, 0.05) is 17.0 Å². The van der Waals surface area contributed by atoms with Crippen LogP contribution < -0.4 is 5.32 Å². The average Bonchev–Trinajstić information content (AvgIpc) is 3.14. The molecule has 0 radical (unpaired) electrons. The second-order valence-corrected chi connectivity index (χ2v) is 9.89. The van der Waals surface area contributed by atoms with Crippen molar-refractivity contribution in [1.29, 1.82) is 0 Å². The van der Waals surface area contributed by atoms with Crippen LogP contribution >= 0.6 is 11.3 Å². The lowest BCUT2D eigenvalue weighted by molar-refractivity contribution is -0.111. The topological polar surface area (TPSA) is 42.0 Å². The molecule has 0 saturated carbocycles. The van der Waals surface area contributed by atoms with Crippen molar-refractivity contribution in [3.05, 3.63) is 76.7 Å². The molecule has 1 aromatic heterocycles. The zero-order valence-electron chi connectivity index (χ0n) is 18.4. The number of thiazole rings is 1. The molecule has 1 amide bonds. The first-order valence-electron chi connectivity index (χ1n) is 10.3. The van der Waals surface area contributed by atoms with Gasteiger partial charge in [0.25, 0.3) is 0 Å². The molecule has 0 saturated heterocycles. The molecule has 0 atom stereocenters. The molecule has 0 aliphatic rings. The number of carbonyl (C=O) groups is 1. The lowest BCUT2D eigenvalue weighted by Crippen LogP contribution is -2.10. The second kappa shape index (κ2) is 9.40. The van der Waals surface area contributed by atoms with Gasteiger partial charge >= 0.3 is 0 Å². The van der Waals surface area contributed by atoms with Crippen LogP contribution in [0, 0.1) is 5.92 Å². The Balaban J connectivity index is 1.60. The summed E-state index contributed by atoms with van der Waals surface area (Å²) in [5.41, 5.74) is 5.67. The zero-order valence-corrected chi connectivity index (χ0v) is 19.2. The largest absolute Gasteiger partial charge is 0.298 e. The van der Waals surface area contributed by atoms with E-state index in [1.807, 2.05) is 23.6 Å². The molecule has 3 nitrogen and oxygen atoms in total. The fourth-order valence-corrected chi connectivity index (χ4v) is 3.88. The maximum Gasteiger partial charge on any atom is 0.250 e. The van der Waals surface area contributed by atoms with Gasteiger partial charge in [0.15, 0.2) is 5.13 Å². The quantitative estimate of drug-likeness (QED) is 0.440. The van der Waals surface area contributed by atoms with Crippen molar-refractivity contribution in [2.75, 3.05) is 5.32 Å². The van der Waals surface area contributed by atoms with Crippen molar-refractivity contribution in [2.24, 2.45) is 5.92 Å². The zero-order chi connectivity index (χ0) is 21.7. The molecule has 0 aliphatic heterocycles. The molecule has 1 N–H and O–H groups in total. The van der Waals surface area contributed by atoms with Crippen molar-refractivity contribution in [2.45, 2.75) is 46.5 Å². The first-order chi connectivity index (χ1) is 14.2. The molecule has 2 aromatic carbocycles. The number of amides is 1. The molecular formula is C26H30N2OS. The summed E-state index contributed by atoms with van der Waals surface area (Å²) in [6, 6.07) is 16.8. The van der Waals surface area contributed by atoms with E-state index >= 15 is 0 Å². The van der Waals surface area contributed by atoms with Crippen LogP contribution in [0.2, 0.25) is 0 Å². The first-order valence-corrected chi connectivity index (χ1v) is 11.2. The van der Waals surface area contributed by atoms with Gasteiger partial charge in [-0.05, 0) is 40.5 Å². The number of benzene rings is 2. The normalized spacial score (nSPS) is 11.9. The Bertz CT molecular complexity index is 1010. The van der Waals surface area contributed by atoms with Crippen molar-refractivity contribution < 1.29 is 4.79 Å². The van der Waals surface area contributed by atoms with Gasteiger partial charge in [0.2, 0.25) is 5.91 Å².